The average molecular weight is 320 g/mol. The number of benzene rings is 1. The van der Waals surface area contributed by atoms with E-state index in [0.717, 1.165) is 21.9 Å². The summed E-state index contributed by atoms with van der Waals surface area (Å²) in [5.74, 6) is 6.95. The third-order valence-corrected chi connectivity index (χ3v) is 4.16. The Hall–Kier alpha value is -1.67. The Morgan fingerprint density at radius 3 is 2.95 bits per heavy atom. The molecule has 21 heavy (non-hydrogen) atoms. The third-order valence-electron chi connectivity index (χ3n) is 2.67. The van der Waals surface area contributed by atoms with E-state index >= 15 is 0 Å². The number of hydrogen-bond donors (Lipinski definition) is 1. The van der Waals surface area contributed by atoms with Crippen molar-refractivity contribution in [3.63, 3.8) is 0 Å². The quantitative estimate of drug-likeness (QED) is 0.693. The molecule has 0 aliphatic carbocycles. The molecule has 0 saturated carbocycles. The summed E-state index contributed by atoms with van der Waals surface area (Å²) in [6, 6.07) is 9.43. The Kier molecular flexibility index (Phi) is 5.94. The summed E-state index contributed by atoms with van der Waals surface area (Å²) in [6.45, 7) is -0.175. The fourth-order valence-corrected chi connectivity index (χ4v) is 2.82. The Balaban J connectivity index is 2.15. The van der Waals surface area contributed by atoms with Crippen molar-refractivity contribution in [2.24, 2.45) is 0 Å². The van der Waals surface area contributed by atoms with Crippen molar-refractivity contribution in [2.75, 3.05) is 13.7 Å². The first-order valence-corrected chi connectivity index (χ1v) is 7.61. The maximum Gasteiger partial charge on any atom is 0.134 e. The molecule has 2 rings (SSSR count). The first-order valence-electron chi connectivity index (χ1n) is 6.24. The van der Waals surface area contributed by atoms with E-state index in [4.69, 9.17) is 21.4 Å². The van der Waals surface area contributed by atoms with Crippen LogP contribution in [0.1, 0.15) is 11.1 Å². The SMILES string of the molecule is COc1ccc(CSc2ncccc2Cl)cc1C#CCO. The number of thioether (sulfide) groups is 1. The Morgan fingerprint density at radius 2 is 2.24 bits per heavy atom. The van der Waals surface area contributed by atoms with Crippen molar-refractivity contribution >= 4 is 23.4 Å². The van der Waals surface area contributed by atoms with Crippen LogP contribution in [0.15, 0.2) is 41.6 Å². The first kappa shape index (κ1) is 15.7. The van der Waals surface area contributed by atoms with Crippen molar-refractivity contribution in [3.8, 4) is 17.6 Å². The molecule has 0 bridgehead atoms. The topological polar surface area (TPSA) is 42.4 Å². The highest BCUT2D eigenvalue weighted by molar-refractivity contribution is 7.98. The van der Waals surface area contributed by atoms with Crippen LogP contribution in [0.2, 0.25) is 5.02 Å². The summed E-state index contributed by atoms with van der Waals surface area (Å²) in [4.78, 5) is 4.24. The molecule has 0 saturated heterocycles. The molecule has 2 aromatic rings. The number of hydrogen-bond acceptors (Lipinski definition) is 4. The van der Waals surface area contributed by atoms with Crippen LogP contribution >= 0.6 is 23.4 Å². The van der Waals surface area contributed by atoms with E-state index in [2.05, 4.69) is 16.8 Å². The van der Waals surface area contributed by atoms with E-state index in [-0.39, 0.29) is 6.61 Å². The Labute approximate surface area is 133 Å². The minimum atomic E-state index is -0.175. The molecule has 0 aliphatic heterocycles. The minimum absolute atomic E-state index is 0.175. The molecule has 1 N–H and O–H groups in total. The number of rotatable bonds is 4. The van der Waals surface area contributed by atoms with Gasteiger partial charge < -0.3 is 9.84 Å². The zero-order valence-corrected chi connectivity index (χ0v) is 13.0. The monoisotopic (exact) mass is 319 g/mol. The summed E-state index contributed by atoms with van der Waals surface area (Å²) in [6.07, 6.45) is 1.72. The van der Waals surface area contributed by atoms with Crippen LogP contribution in [0.4, 0.5) is 0 Å². The van der Waals surface area contributed by atoms with Gasteiger partial charge in [0.1, 0.15) is 17.4 Å². The maximum atomic E-state index is 8.80. The van der Waals surface area contributed by atoms with Gasteiger partial charge in [0, 0.05) is 11.9 Å². The predicted molar refractivity (Wildman–Crippen MR) is 85.8 cm³/mol. The van der Waals surface area contributed by atoms with Gasteiger partial charge in [0.15, 0.2) is 0 Å². The molecule has 108 valence electrons. The van der Waals surface area contributed by atoms with Crippen LogP contribution in [-0.2, 0) is 5.75 Å². The Morgan fingerprint density at radius 1 is 1.38 bits per heavy atom. The van der Waals surface area contributed by atoms with Crippen LogP contribution in [0.5, 0.6) is 5.75 Å². The fraction of sp³-hybridized carbons (Fsp3) is 0.188. The molecule has 0 radical (unpaired) electrons. The summed E-state index contributed by atoms with van der Waals surface area (Å²) in [5, 5.41) is 10.3. The Bertz CT molecular complexity index is 679. The highest BCUT2D eigenvalue weighted by Gasteiger charge is 2.05. The van der Waals surface area contributed by atoms with E-state index < -0.39 is 0 Å². The van der Waals surface area contributed by atoms with E-state index in [1.807, 2.05) is 30.3 Å². The average Bonchev–Trinajstić information content (AvgIpc) is 2.52. The molecular weight excluding hydrogens is 306 g/mol. The zero-order valence-electron chi connectivity index (χ0n) is 11.5. The molecule has 1 aromatic carbocycles. The van der Waals surface area contributed by atoms with Gasteiger partial charge in [-0.05, 0) is 29.8 Å². The zero-order chi connectivity index (χ0) is 15.1. The van der Waals surface area contributed by atoms with Gasteiger partial charge in [-0.2, -0.15) is 0 Å². The van der Waals surface area contributed by atoms with Crippen molar-refractivity contribution in [1.82, 2.24) is 4.98 Å². The van der Waals surface area contributed by atoms with Crippen LogP contribution in [0, 0.1) is 11.8 Å². The number of nitrogens with zero attached hydrogens (tertiary/aromatic N) is 1. The number of halogens is 1. The van der Waals surface area contributed by atoms with Crippen LogP contribution in [-0.4, -0.2) is 23.8 Å². The van der Waals surface area contributed by atoms with Gasteiger partial charge in [-0.15, -0.1) is 11.8 Å². The second kappa shape index (κ2) is 7.94. The third kappa shape index (κ3) is 4.40. The standard InChI is InChI=1S/C16H14ClNO2S/c1-20-15-7-6-12(10-13(15)4-3-9-19)11-21-16-14(17)5-2-8-18-16/h2,5-8,10,19H,9,11H2,1H3. The second-order valence-corrected chi connectivity index (χ2v) is 5.44. The molecule has 0 spiro atoms. The van der Waals surface area contributed by atoms with Crippen molar-refractivity contribution in [3.05, 3.63) is 52.7 Å². The summed E-state index contributed by atoms with van der Waals surface area (Å²) in [7, 11) is 1.60. The summed E-state index contributed by atoms with van der Waals surface area (Å²) in [5.41, 5.74) is 1.85. The van der Waals surface area contributed by atoms with Gasteiger partial charge in [0.2, 0.25) is 0 Å². The van der Waals surface area contributed by atoms with Crippen molar-refractivity contribution in [1.29, 1.82) is 0 Å². The summed E-state index contributed by atoms with van der Waals surface area (Å²) < 4.78 is 5.25. The molecular formula is C16H14ClNO2S. The van der Waals surface area contributed by atoms with E-state index in [0.29, 0.717) is 10.8 Å². The largest absolute Gasteiger partial charge is 0.495 e. The lowest BCUT2D eigenvalue weighted by Crippen LogP contribution is -1.91. The van der Waals surface area contributed by atoms with E-state index in [9.17, 15) is 0 Å². The molecule has 3 nitrogen and oxygen atoms in total. The molecule has 5 heteroatoms. The number of methoxy groups -OCH3 is 1. The molecule has 1 aromatic heterocycles. The summed E-state index contributed by atoms with van der Waals surface area (Å²) >= 11 is 7.65. The number of ether oxygens (including phenoxy) is 1. The lowest BCUT2D eigenvalue weighted by Gasteiger charge is -2.07. The lowest BCUT2D eigenvalue weighted by atomic mass is 10.1. The van der Waals surface area contributed by atoms with Crippen LogP contribution < -0.4 is 4.74 Å². The second-order valence-electron chi connectivity index (χ2n) is 4.07. The number of aliphatic hydroxyl groups is 1. The number of aromatic nitrogens is 1. The molecule has 0 fully saturated rings. The van der Waals surface area contributed by atoms with Crippen LogP contribution in [0.3, 0.4) is 0 Å². The van der Waals surface area contributed by atoms with E-state index in [1.165, 1.54) is 0 Å². The van der Waals surface area contributed by atoms with Gasteiger partial charge in [-0.25, -0.2) is 4.98 Å². The van der Waals surface area contributed by atoms with Crippen molar-refractivity contribution < 1.29 is 9.84 Å². The minimum Gasteiger partial charge on any atom is -0.495 e. The fourth-order valence-electron chi connectivity index (χ4n) is 1.71. The maximum absolute atomic E-state index is 8.80. The van der Waals surface area contributed by atoms with Gasteiger partial charge >= 0.3 is 0 Å². The van der Waals surface area contributed by atoms with Crippen LogP contribution in [0.25, 0.3) is 0 Å². The van der Waals surface area contributed by atoms with Gasteiger partial charge in [0.05, 0.1) is 17.7 Å². The highest BCUT2D eigenvalue weighted by Crippen LogP contribution is 2.28. The lowest BCUT2D eigenvalue weighted by molar-refractivity contribution is 0.350. The molecule has 0 unspecified atom stereocenters. The smallest absolute Gasteiger partial charge is 0.134 e. The molecule has 0 amide bonds. The molecule has 1 heterocycles. The van der Waals surface area contributed by atoms with E-state index in [1.54, 1.807) is 25.1 Å². The van der Waals surface area contributed by atoms with Gasteiger partial charge in [0.25, 0.3) is 0 Å². The van der Waals surface area contributed by atoms with Gasteiger partial charge in [-0.3, -0.25) is 0 Å². The highest BCUT2D eigenvalue weighted by atomic mass is 35.5. The van der Waals surface area contributed by atoms with Gasteiger partial charge in [-0.1, -0.05) is 29.5 Å². The van der Waals surface area contributed by atoms with Crippen molar-refractivity contribution in [2.45, 2.75) is 10.8 Å². The molecule has 0 aliphatic rings. The predicted octanol–water partition coefficient (Wildman–Crippen LogP) is 3.38. The number of aliphatic hydroxyl groups excluding tert-OH is 1. The number of pyridine rings is 1. The molecule has 0 atom stereocenters. The first-order chi connectivity index (χ1) is 10.2. The normalized spacial score (nSPS) is 9.86.